The number of fused-ring (bicyclic) bond motifs is 1. The highest BCUT2D eigenvalue weighted by Crippen LogP contribution is 2.61. The number of nitrogens with zero attached hydrogens (tertiary/aromatic N) is 4. The Morgan fingerprint density at radius 2 is 1.72 bits per heavy atom. The van der Waals surface area contributed by atoms with Crippen molar-refractivity contribution in [1.82, 2.24) is 30.2 Å². The Hall–Kier alpha value is -2.97. The van der Waals surface area contributed by atoms with Gasteiger partial charge in [0.2, 0.25) is 11.8 Å². The van der Waals surface area contributed by atoms with E-state index >= 15 is 0 Å². The average Bonchev–Trinajstić information content (AvgIpc) is 3.60. The van der Waals surface area contributed by atoms with Gasteiger partial charge in [0.15, 0.2) is 22.8 Å². The molecule has 2 amide bonds. The summed E-state index contributed by atoms with van der Waals surface area (Å²) in [5.74, 6) is -2.80. The fourth-order valence-corrected chi connectivity index (χ4v) is 7.96. The maximum Gasteiger partial charge on any atom is 0.481 e. The van der Waals surface area contributed by atoms with Gasteiger partial charge in [-0.1, -0.05) is 25.6 Å². The second kappa shape index (κ2) is 18.8. The molecule has 2 aromatic heterocycles. The van der Waals surface area contributed by atoms with Gasteiger partial charge in [0.25, 0.3) is 0 Å². The first-order valence-corrected chi connectivity index (χ1v) is 20.7. The van der Waals surface area contributed by atoms with Gasteiger partial charge in [-0.05, 0) is 0 Å². The highest BCUT2D eigenvalue weighted by atomic mass is 32.2. The van der Waals surface area contributed by atoms with Crippen LogP contribution < -0.4 is 16.4 Å². The number of hydrogen-bond donors (Lipinski definition) is 10. The van der Waals surface area contributed by atoms with E-state index in [0.717, 1.165) is 29.0 Å². The van der Waals surface area contributed by atoms with Crippen molar-refractivity contribution in [1.29, 1.82) is 0 Å². The van der Waals surface area contributed by atoms with Gasteiger partial charge in [-0.2, -0.15) is 4.31 Å². The number of nitrogen functional groups attached to an aromatic ring is 1. The molecule has 1 saturated heterocycles. The standard InChI is InChI=1S/C24H38N7O19P3S/c1-24(2,19(37)22(38)27-4-3-13(32)26-5-6-54-15(35)7-14(33)34)9-47-53(44,45)50-52(42,43)46-8-12-18(49-51(39,40)41)17(36)23(48-12)31-11-30-16-20(25)28-10-29-21(16)31/h10-12,17-19,23,36-37H,3-9H2,1-2H3,(H,26,32)(H,27,38)(H,33,34)(H,42,43)(H,44,45)(H2,25,28,29)(H2,39,40,41)/t12-,17-,18-,19+,23+/m0/s1. The number of carboxylic acids is 1. The molecule has 0 radical (unpaired) electrons. The highest BCUT2D eigenvalue weighted by molar-refractivity contribution is 8.13. The van der Waals surface area contributed by atoms with Crippen molar-refractivity contribution in [3.63, 3.8) is 0 Å². The van der Waals surface area contributed by atoms with Gasteiger partial charge < -0.3 is 56.0 Å². The Morgan fingerprint density at radius 1 is 1.06 bits per heavy atom. The largest absolute Gasteiger partial charge is 0.481 e. The van der Waals surface area contributed by atoms with Crippen molar-refractivity contribution >= 4 is 75.1 Å². The number of ether oxygens (including phenoxy) is 1. The summed E-state index contributed by atoms with van der Waals surface area (Å²) in [6.07, 6.45) is -7.78. The summed E-state index contributed by atoms with van der Waals surface area (Å²) in [6.45, 7) is 0.132. The molecule has 1 fully saturated rings. The Balaban J connectivity index is 1.51. The number of anilines is 1. The molecule has 30 heteroatoms. The van der Waals surface area contributed by atoms with Crippen LogP contribution in [0.15, 0.2) is 12.7 Å². The number of aliphatic hydroxyl groups is 2. The predicted octanol–water partition coefficient (Wildman–Crippen LogP) is -1.86. The van der Waals surface area contributed by atoms with Gasteiger partial charge in [0.05, 0.1) is 19.5 Å². The number of phosphoric ester groups is 3. The first-order valence-electron chi connectivity index (χ1n) is 15.2. The lowest BCUT2D eigenvalue weighted by Gasteiger charge is -2.30. The number of thioether (sulfide) groups is 1. The second-order valence-electron chi connectivity index (χ2n) is 11.9. The van der Waals surface area contributed by atoms with Crippen LogP contribution >= 0.6 is 35.2 Å². The molecule has 2 aromatic rings. The summed E-state index contributed by atoms with van der Waals surface area (Å²) < 4.78 is 61.8. The number of carboxylic acid groups (broad SMARTS) is 1. The van der Waals surface area contributed by atoms with Crippen LogP contribution in [0.2, 0.25) is 0 Å². The van der Waals surface area contributed by atoms with Crippen molar-refractivity contribution in [2.45, 2.75) is 57.3 Å². The van der Waals surface area contributed by atoms with E-state index in [-0.39, 0.29) is 42.2 Å². The van der Waals surface area contributed by atoms with Crippen molar-refractivity contribution in [3.8, 4) is 0 Å². The summed E-state index contributed by atoms with van der Waals surface area (Å²) in [6, 6.07) is 0. The first kappa shape index (κ1) is 45.4. The maximum absolute atomic E-state index is 12.6. The number of aromatic nitrogens is 4. The van der Waals surface area contributed by atoms with Gasteiger partial charge in [-0.25, -0.2) is 28.6 Å². The number of nitrogens with two attached hydrogens (primary N) is 1. The van der Waals surface area contributed by atoms with E-state index in [9.17, 15) is 62.7 Å². The second-order valence-corrected chi connectivity index (χ2v) is 17.2. The molecule has 3 heterocycles. The minimum atomic E-state index is -5.59. The smallest absolute Gasteiger partial charge is 0.481 e. The first-order chi connectivity index (χ1) is 24.9. The molecule has 7 atom stereocenters. The van der Waals surface area contributed by atoms with E-state index in [1.165, 1.54) is 13.8 Å². The molecular formula is C24H38N7O19P3S. The molecule has 0 saturated carbocycles. The number of hydrogen-bond acceptors (Lipinski definition) is 19. The van der Waals surface area contributed by atoms with E-state index in [2.05, 4.69) is 34.4 Å². The summed E-state index contributed by atoms with van der Waals surface area (Å²) in [4.78, 5) is 97.0. The highest BCUT2D eigenvalue weighted by Gasteiger charge is 2.50. The van der Waals surface area contributed by atoms with Crippen molar-refractivity contribution < 1.29 is 90.4 Å². The predicted molar refractivity (Wildman–Crippen MR) is 179 cm³/mol. The third-order valence-electron chi connectivity index (χ3n) is 7.06. The van der Waals surface area contributed by atoms with Crippen LogP contribution in [0.1, 0.15) is 32.9 Å². The molecular weight excluding hydrogens is 815 g/mol. The van der Waals surface area contributed by atoms with Gasteiger partial charge >= 0.3 is 29.4 Å². The Labute approximate surface area is 308 Å². The number of nitrogens with one attached hydrogen (secondary N) is 2. The fraction of sp³-hybridized carbons (Fsp3) is 0.625. The van der Waals surface area contributed by atoms with Crippen LogP contribution in [-0.2, 0) is 55.5 Å². The lowest BCUT2D eigenvalue weighted by Crippen LogP contribution is -2.46. The SMILES string of the molecule is CC(C)(COP(=O)(O)OP(=O)(O)OC[C@@H]1O[C@@H](n2cnc3c(N)ncnc32)[C@@H](O)[C@H]1OP(=O)(O)O)[C@H](O)C(=O)NCCC(=O)NCCSC(=O)CC(=O)O. The Morgan fingerprint density at radius 3 is 2.37 bits per heavy atom. The summed E-state index contributed by atoms with van der Waals surface area (Å²) in [7, 11) is -16.4. The number of carbonyl (C=O) groups is 4. The molecule has 3 rings (SSSR count). The molecule has 11 N–H and O–H groups in total. The fourth-order valence-electron chi connectivity index (χ4n) is 4.47. The average molecular weight is 854 g/mol. The zero-order chi connectivity index (χ0) is 40.6. The quantitative estimate of drug-likeness (QED) is 0.0374. The minimum Gasteiger partial charge on any atom is -0.481 e. The third kappa shape index (κ3) is 13.6. The molecule has 26 nitrogen and oxygen atoms in total. The maximum atomic E-state index is 12.6. The lowest BCUT2D eigenvalue weighted by molar-refractivity contribution is -0.139. The van der Waals surface area contributed by atoms with Crippen molar-refractivity contribution in [2.75, 3.05) is 37.8 Å². The van der Waals surface area contributed by atoms with Gasteiger partial charge in [0, 0.05) is 30.7 Å². The third-order valence-corrected chi connectivity index (χ3v) is 11.0. The summed E-state index contributed by atoms with van der Waals surface area (Å²) >= 11 is 0.718. The van der Waals surface area contributed by atoms with Crippen LogP contribution in [0.25, 0.3) is 11.2 Å². The van der Waals surface area contributed by atoms with Crippen LogP contribution in [0.5, 0.6) is 0 Å². The molecule has 304 valence electrons. The van der Waals surface area contributed by atoms with Crippen LogP contribution in [-0.4, -0.2) is 134 Å². The zero-order valence-corrected chi connectivity index (χ0v) is 31.6. The topological polar surface area (TPSA) is 401 Å². The van der Waals surface area contributed by atoms with E-state index in [0.29, 0.717) is 0 Å². The van der Waals surface area contributed by atoms with E-state index in [4.69, 9.17) is 24.6 Å². The molecule has 54 heavy (non-hydrogen) atoms. The molecule has 0 bridgehead atoms. The van der Waals surface area contributed by atoms with E-state index in [1.54, 1.807) is 0 Å². The number of imidazole rings is 1. The monoisotopic (exact) mass is 853 g/mol. The van der Waals surface area contributed by atoms with Crippen molar-refractivity contribution in [2.24, 2.45) is 5.41 Å². The van der Waals surface area contributed by atoms with Crippen LogP contribution in [0.3, 0.4) is 0 Å². The van der Waals surface area contributed by atoms with E-state index < -0.39 is 102 Å². The van der Waals surface area contributed by atoms with Crippen LogP contribution in [0, 0.1) is 5.41 Å². The number of rotatable bonds is 21. The number of carbonyl (C=O) groups excluding carboxylic acids is 3. The lowest BCUT2D eigenvalue weighted by atomic mass is 9.87. The van der Waals surface area contributed by atoms with Crippen molar-refractivity contribution in [3.05, 3.63) is 12.7 Å². The number of phosphoric acid groups is 3. The Kier molecular flexibility index (Phi) is 15.8. The Bertz CT molecular complexity index is 1830. The molecule has 2 unspecified atom stereocenters. The molecule has 0 spiro atoms. The number of aliphatic hydroxyl groups excluding tert-OH is 2. The zero-order valence-electron chi connectivity index (χ0n) is 28.1. The summed E-state index contributed by atoms with van der Waals surface area (Å²) in [5.41, 5.74) is 4.19. The van der Waals surface area contributed by atoms with Crippen LogP contribution in [0.4, 0.5) is 5.82 Å². The molecule has 0 aromatic carbocycles. The molecule has 1 aliphatic heterocycles. The number of amides is 2. The van der Waals surface area contributed by atoms with Gasteiger partial charge in [-0.15, -0.1) is 0 Å². The molecule has 1 aliphatic rings. The normalized spacial score (nSPS) is 21.9. The minimum absolute atomic E-state index is 0.0185. The molecule has 0 aliphatic carbocycles. The van der Waals surface area contributed by atoms with E-state index in [1.807, 2.05) is 0 Å². The number of aliphatic carboxylic acids is 1. The van der Waals surface area contributed by atoms with Gasteiger partial charge in [0.1, 0.15) is 42.7 Å². The van der Waals surface area contributed by atoms with Gasteiger partial charge in [-0.3, -0.25) is 37.3 Å². The summed E-state index contributed by atoms with van der Waals surface area (Å²) in [5, 5.41) is 34.0.